The van der Waals surface area contributed by atoms with Crippen molar-refractivity contribution < 1.29 is 4.79 Å². The number of halogens is 1. The minimum Gasteiger partial charge on any atom is -0.336 e. The average molecular weight is 266 g/mol. The molecule has 0 N–H and O–H groups in total. The number of carbonyl (C=O) groups excluding carboxylic acids is 1. The van der Waals surface area contributed by atoms with Crippen LogP contribution in [0, 0.1) is 5.92 Å². The fraction of sp³-hybridized carbons (Fsp3) is 0.533. The molecule has 1 fully saturated rings. The molecule has 1 aliphatic rings. The molecule has 0 unspecified atom stereocenters. The maximum atomic E-state index is 12.4. The Labute approximate surface area is 114 Å². The molecule has 98 valence electrons. The summed E-state index contributed by atoms with van der Waals surface area (Å²) in [5.74, 6) is 1.35. The van der Waals surface area contributed by atoms with Crippen LogP contribution in [0.3, 0.4) is 0 Å². The lowest BCUT2D eigenvalue weighted by Gasteiger charge is -2.27. The summed E-state index contributed by atoms with van der Waals surface area (Å²) in [6.07, 6.45) is 2.53. The van der Waals surface area contributed by atoms with E-state index in [1.54, 1.807) is 0 Å². The van der Waals surface area contributed by atoms with Crippen LogP contribution < -0.4 is 0 Å². The first-order valence-corrected chi connectivity index (χ1v) is 7.11. The summed E-state index contributed by atoms with van der Waals surface area (Å²) in [4.78, 5) is 14.4. The maximum Gasteiger partial charge on any atom is 0.254 e. The second kappa shape index (κ2) is 5.75. The normalized spacial score (nSPS) is 14.9. The number of nitrogens with zero attached hydrogens (tertiary/aromatic N) is 1. The number of benzene rings is 1. The van der Waals surface area contributed by atoms with E-state index in [0.717, 1.165) is 23.6 Å². The second-order valence-electron chi connectivity index (χ2n) is 5.33. The third-order valence-corrected chi connectivity index (χ3v) is 3.70. The lowest BCUT2D eigenvalue weighted by molar-refractivity contribution is 0.0696. The zero-order valence-corrected chi connectivity index (χ0v) is 11.8. The molecular formula is C15H20ClNO. The van der Waals surface area contributed by atoms with Crippen molar-refractivity contribution in [2.75, 3.05) is 6.54 Å². The van der Waals surface area contributed by atoms with Crippen molar-refractivity contribution in [3.05, 3.63) is 35.4 Å². The minimum atomic E-state index is 0.137. The Hall–Kier alpha value is -1.02. The fourth-order valence-corrected chi connectivity index (χ4v) is 2.19. The van der Waals surface area contributed by atoms with Crippen molar-refractivity contribution in [2.24, 2.45) is 5.92 Å². The number of hydrogen-bond donors (Lipinski definition) is 0. The highest BCUT2D eigenvalue weighted by Crippen LogP contribution is 2.30. The first kappa shape index (κ1) is 13.4. The molecule has 0 radical (unpaired) electrons. The molecule has 0 bridgehead atoms. The monoisotopic (exact) mass is 265 g/mol. The molecule has 18 heavy (non-hydrogen) atoms. The molecule has 0 aromatic heterocycles. The summed E-state index contributed by atoms with van der Waals surface area (Å²) in [6.45, 7) is 5.05. The molecule has 2 rings (SSSR count). The molecule has 2 nitrogen and oxygen atoms in total. The van der Waals surface area contributed by atoms with Gasteiger partial charge in [-0.3, -0.25) is 4.79 Å². The van der Waals surface area contributed by atoms with Crippen molar-refractivity contribution in [3.8, 4) is 0 Å². The van der Waals surface area contributed by atoms with E-state index < -0.39 is 0 Å². The SMILES string of the molecule is CC(C)N(CC1CC1)C(=O)c1ccc(CCl)cc1. The van der Waals surface area contributed by atoms with Crippen LogP contribution in [0.4, 0.5) is 0 Å². The second-order valence-corrected chi connectivity index (χ2v) is 5.59. The zero-order valence-electron chi connectivity index (χ0n) is 11.0. The van der Waals surface area contributed by atoms with Crippen molar-refractivity contribution in [1.82, 2.24) is 4.90 Å². The van der Waals surface area contributed by atoms with Gasteiger partial charge in [-0.05, 0) is 50.3 Å². The van der Waals surface area contributed by atoms with E-state index in [-0.39, 0.29) is 11.9 Å². The quantitative estimate of drug-likeness (QED) is 0.744. The van der Waals surface area contributed by atoms with Crippen molar-refractivity contribution in [3.63, 3.8) is 0 Å². The van der Waals surface area contributed by atoms with Crippen molar-refractivity contribution in [1.29, 1.82) is 0 Å². The highest BCUT2D eigenvalue weighted by atomic mass is 35.5. The smallest absolute Gasteiger partial charge is 0.254 e. The van der Waals surface area contributed by atoms with Gasteiger partial charge in [0.1, 0.15) is 0 Å². The summed E-state index contributed by atoms with van der Waals surface area (Å²) >= 11 is 5.75. The van der Waals surface area contributed by atoms with Crippen molar-refractivity contribution >= 4 is 17.5 Å². The van der Waals surface area contributed by atoms with Crippen LogP contribution in [0.2, 0.25) is 0 Å². The molecular weight excluding hydrogens is 246 g/mol. The van der Waals surface area contributed by atoms with Crippen molar-refractivity contribution in [2.45, 2.75) is 38.6 Å². The number of amides is 1. The van der Waals surface area contributed by atoms with Crippen LogP contribution in [0.1, 0.15) is 42.6 Å². The largest absolute Gasteiger partial charge is 0.336 e. The van der Waals surface area contributed by atoms with E-state index in [9.17, 15) is 4.79 Å². The maximum absolute atomic E-state index is 12.4. The standard InChI is InChI=1S/C15H20ClNO/c1-11(2)17(10-13-3-4-13)15(18)14-7-5-12(9-16)6-8-14/h5-8,11,13H,3-4,9-10H2,1-2H3. The van der Waals surface area contributed by atoms with Crippen LogP contribution >= 0.6 is 11.6 Å². The lowest BCUT2D eigenvalue weighted by Crippen LogP contribution is -2.38. The summed E-state index contributed by atoms with van der Waals surface area (Å²) in [5.41, 5.74) is 1.81. The molecule has 0 atom stereocenters. The summed E-state index contributed by atoms with van der Waals surface area (Å²) in [5, 5.41) is 0. The van der Waals surface area contributed by atoms with E-state index in [2.05, 4.69) is 13.8 Å². The summed E-state index contributed by atoms with van der Waals surface area (Å²) in [6, 6.07) is 7.86. The van der Waals surface area contributed by atoms with E-state index in [1.807, 2.05) is 29.2 Å². The van der Waals surface area contributed by atoms with E-state index in [0.29, 0.717) is 5.88 Å². The minimum absolute atomic E-state index is 0.137. The number of carbonyl (C=O) groups is 1. The molecule has 1 saturated carbocycles. The predicted molar refractivity (Wildman–Crippen MR) is 74.9 cm³/mol. The van der Waals surface area contributed by atoms with E-state index in [4.69, 9.17) is 11.6 Å². The highest BCUT2D eigenvalue weighted by molar-refractivity contribution is 6.17. The molecule has 1 aromatic rings. The van der Waals surface area contributed by atoms with Gasteiger partial charge < -0.3 is 4.90 Å². The molecule has 0 spiro atoms. The third-order valence-electron chi connectivity index (χ3n) is 3.39. The first-order valence-electron chi connectivity index (χ1n) is 6.57. The van der Waals surface area contributed by atoms with Gasteiger partial charge in [0.05, 0.1) is 0 Å². The van der Waals surface area contributed by atoms with Crippen LogP contribution in [0.15, 0.2) is 24.3 Å². The molecule has 1 amide bonds. The molecule has 0 saturated heterocycles. The van der Waals surface area contributed by atoms with Gasteiger partial charge in [0.25, 0.3) is 5.91 Å². The fourth-order valence-electron chi connectivity index (χ4n) is 2.01. The Bertz CT molecular complexity index is 409. The van der Waals surface area contributed by atoms with E-state index >= 15 is 0 Å². The Morgan fingerprint density at radius 2 is 1.94 bits per heavy atom. The number of alkyl halides is 1. The van der Waals surface area contributed by atoms with E-state index in [1.165, 1.54) is 12.8 Å². The van der Waals surface area contributed by atoms with Gasteiger partial charge in [-0.15, -0.1) is 11.6 Å². The number of hydrogen-bond acceptors (Lipinski definition) is 1. The van der Waals surface area contributed by atoms with Gasteiger partial charge in [-0.25, -0.2) is 0 Å². The Morgan fingerprint density at radius 1 is 1.33 bits per heavy atom. The topological polar surface area (TPSA) is 20.3 Å². The van der Waals surface area contributed by atoms with Gasteiger partial charge in [-0.2, -0.15) is 0 Å². The first-order chi connectivity index (χ1) is 8.61. The lowest BCUT2D eigenvalue weighted by atomic mass is 10.1. The molecule has 1 aliphatic carbocycles. The Morgan fingerprint density at radius 3 is 2.39 bits per heavy atom. The van der Waals surface area contributed by atoms with Crippen LogP contribution in [-0.4, -0.2) is 23.4 Å². The highest BCUT2D eigenvalue weighted by Gasteiger charge is 2.28. The molecule has 0 aliphatic heterocycles. The van der Waals surface area contributed by atoms with Gasteiger partial charge in [0.15, 0.2) is 0 Å². The van der Waals surface area contributed by atoms with Gasteiger partial charge in [0.2, 0.25) is 0 Å². The predicted octanol–water partition coefficient (Wildman–Crippen LogP) is 3.69. The van der Waals surface area contributed by atoms with Gasteiger partial charge in [0, 0.05) is 24.0 Å². The summed E-state index contributed by atoms with van der Waals surface area (Å²) in [7, 11) is 0. The van der Waals surface area contributed by atoms with Crippen LogP contribution in [-0.2, 0) is 5.88 Å². The molecule has 3 heteroatoms. The average Bonchev–Trinajstić information content (AvgIpc) is 3.19. The molecule has 0 heterocycles. The Kier molecular flexibility index (Phi) is 4.28. The zero-order chi connectivity index (χ0) is 13.1. The van der Waals surface area contributed by atoms with Gasteiger partial charge in [-0.1, -0.05) is 12.1 Å². The summed E-state index contributed by atoms with van der Waals surface area (Å²) < 4.78 is 0. The van der Waals surface area contributed by atoms with Crippen LogP contribution in [0.5, 0.6) is 0 Å². The third kappa shape index (κ3) is 3.26. The molecule has 1 aromatic carbocycles. The Balaban J connectivity index is 2.10. The van der Waals surface area contributed by atoms with Gasteiger partial charge >= 0.3 is 0 Å². The number of rotatable bonds is 5. The van der Waals surface area contributed by atoms with Crippen LogP contribution in [0.25, 0.3) is 0 Å².